The number of benzene rings is 1. The lowest BCUT2D eigenvalue weighted by molar-refractivity contribution is -0.140. The third-order valence-electron chi connectivity index (χ3n) is 4.32. The van der Waals surface area contributed by atoms with Crippen LogP contribution in [-0.4, -0.2) is 34.5 Å². The molecule has 4 nitrogen and oxygen atoms in total. The number of nitrogens with zero attached hydrogens (tertiary/aromatic N) is 1. The molecule has 1 aliphatic rings. The Morgan fingerprint density at radius 3 is 2.86 bits per heavy atom. The number of carbonyl (C=O) groups is 2. The first-order valence-corrected chi connectivity index (χ1v) is 7.76. The molecule has 120 valence electrons. The predicted octanol–water partition coefficient (Wildman–Crippen LogP) is 3.18. The minimum Gasteiger partial charge on any atom is -0.481 e. The van der Waals surface area contributed by atoms with E-state index in [0.29, 0.717) is 18.5 Å². The zero-order valence-corrected chi connectivity index (χ0v) is 12.8. The Kier molecular flexibility index (Phi) is 5.52. The molecule has 1 aromatic carbocycles. The lowest BCUT2D eigenvalue weighted by Crippen LogP contribution is -2.45. The van der Waals surface area contributed by atoms with Gasteiger partial charge in [0.15, 0.2) is 0 Å². The van der Waals surface area contributed by atoms with Crippen LogP contribution in [-0.2, 0) is 9.59 Å². The fraction of sp³-hybridized carbons (Fsp3) is 0.529. The predicted molar refractivity (Wildman–Crippen MR) is 81.0 cm³/mol. The molecule has 1 aliphatic heterocycles. The number of carboxylic acids is 1. The monoisotopic (exact) mass is 307 g/mol. The van der Waals surface area contributed by atoms with Gasteiger partial charge in [0.1, 0.15) is 5.82 Å². The van der Waals surface area contributed by atoms with Gasteiger partial charge in [0, 0.05) is 19.0 Å². The summed E-state index contributed by atoms with van der Waals surface area (Å²) in [6, 6.07) is 6.08. The summed E-state index contributed by atoms with van der Waals surface area (Å²) in [5.74, 6) is -1.64. The van der Waals surface area contributed by atoms with E-state index in [2.05, 4.69) is 0 Å². The Morgan fingerprint density at radius 1 is 1.41 bits per heavy atom. The zero-order chi connectivity index (χ0) is 16.1. The molecule has 0 spiro atoms. The van der Waals surface area contributed by atoms with Crippen LogP contribution < -0.4 is 0 Å². The van der Waals surface area contributed by atoms with Gasteiger partial charge in [-0.25, -0.2) is 4.39 Å². The largest absolute Gasteiger partial charge is 0.481 e. The van der Waals surface area contributed by atoms with Gasteiger partial charge in [-0.1, -0.05) is 12.1 Å². The normalized spacial score (nSPS) is 19.7. The molecule has 1 aromatic rings. The number of carboxylic acid groups (broad SMARTS) is 1. The first-order chi connectivity index (χ1) is 10.5. The van der Waals surface area contributed by atoms with E-state index in [9.17, 15) is 14.0 Å². The van der Waals surface area contributed by atoms with Gasteiger partial charge in [-0.3, -0.25) is 9.59 Å². The zero-order valence-electron chi connectivity index (χ0n) is 12.8. The van der Waals surface area contributed by atoms with Gasteiger partial charge in [-0.2, -0.15) is 0 Å². The van der Waals surface area contributed by atoms with Crippen molar-refractivity contribution in [1.82, 2.24) is 4.90 Å². The Morgan fingerprint density at radius 2 is 2.18 bits per heavy atom. The summed E-state index contributed by atoms with van der Waals surface area (Å²) in [5.41, 5.74) is 0.660. The molecule has 0 bridgehead atoms. The van der Waals surface area contributed by atoms with Crippen molar-refractivity contribution in [3.8, 4) is 0 Å². The second-order valence-corrected chi connectivity index (χ2v) is 5.89. The fourth-order valence-electron chi connectivity index (χ4n) is 3.05. The van der Waals surface area contributed by atoms with Crippen LogP contribution >= 0.6 is 0 Å². The van der Waals surface area contributed by atoms with Crippen LogP contribution in [0.2, 0.25) is 0 Å². The standard InChI is InChI=1S/C17H22FNO3/c1-12(13-5-4-6-14(18)11-13)17(22)19-10-3-2-7-15(19)8-9-16(20)21/h4-6,11-12,15H,2-3,7-10H2,1H3,(H,20,21)/t12-,15+/m1/s1. The number of carbonyl (C=O) groups excluding carboxylic acids is 1. The highest BCUT2D eigenvalue weighted by atomic mass is 19.1. The molecule has 1 fully saturated rings. The van der Waals surface area contributed by atoms with Crippen molar-refractivity contribution < 1.29 is 19.1 Å². The summed E-state index contributed by atoms with van der Waals surface area (Å²) in [5, 5.41) is 8.84. The molecule has 1 saturated heterocycles. The van der Waals surface area contributed by atoms with Gasteiger partial charge in [-0.05, 0) is 50.3 Å². The van der Waals surface area contributed by atoms with E-state index >= 15 is 0 Å². The highest BCUT2D eigenvalue weighted by Crippen LogP contribution is 2.26. The molecular formula is C17H22FNO3. The van der Waals surface area contributed by atoms with Crippen LogP contribution in [0, 0.1) is 5.82 Å². The lowest BCUT2D eigenvalue weighted by Gasteiger charge is -2.37. The molecule has 22 heavy (non-hydrogen) atoms. The van der Waals surface area contributed by atoms with Crippen molar-refractivity contribution in [2.45, 2.75) is 51.0 Å². The molecule has 2 atom stereocenters. The van der Waals surface area contributed by atoms with Gasteiger partial charge in [0.2, 0.25) is 5.91 Å². The van der Waals surface area contributed by atoms with Crippen molar-refractivity contribution in [1.29, 1.82) is 0 Å². The minimum absolute atomic E-state index is 0.0200. The summed E-state index contributed by atoms with van der Waals surface area (Å²) < 4.78 is 13.3. The maximum atomic E-state index is 13.3. The van der Waals surface area contributed by atoms with E-state index < -0.39 is 11.9 Å². The smallest absolute Gasteiger partial charge is 0.303 e. The first kappa shape index (κ1) is 16.5. The maximum absolute atomic E-state index is 13.3. The van der Waals surface area contributed by atoms with Crippen molar-refractivity contribution in [3.05, 3.63) is 35.6 Å². The maximum Gasteiger partial charge on any atom is 0.303 e. The van der Waals surface area contributed by atoms with Crippen LogP contribution in [0.3, 0.4) is 0 Å². The van der Waals surface area contributed by atoms with Crippen molar-refractivity contribution >= 4 is 11.9 Å². The highest BCUT2D eigenvalue weighted by Gasteiger charge is 2.30. The van der Waals surface area contributed by atoms with E-state index in [1.165, 1.54) is 12.1 Å². The van der Waals surface area contributed by atoms with Crippen LogP contribution in [0.4, 0.5) is 4.39 Å². The summed E-state index contributed by atoms with van der Waals surface area (Å²) >= 11 is 0. The van der Waals surface area contributed by atoms with Crippen molar-refractivity contribution in [3.63, 3.8) is 0 Å². The lowest BCUT2D eigenvalue weighted by atomic mass is 9.93. The molecule has 0 unspecified atom stereocenters. The summed E-state index contributed by atoms with van der Waals surface area (Å²) in [6.07, 6.45) is 3.35. The second kappa shape index (κ2) is 7.38. The van der Waals surface area contributed by atoms with E-state index in [0.717, 1.165) is 19.3 Å². The second-order valence-electron chi connectivity index (χ2n) is 5.89. The Balaban J connectivity index is 2.09. The minimum atomic E-state index is -0.837. The molecule has 0 saturated carbocycles. The molecule has 1 amide bonds. The number of amides is 1. The van der Waals surface area contributed by atoms with Gasteiger partial charge in [0.25, 0.3) is 0 Å². The van der Waals surface area contributed by atoms with E-state index in [1.54, 1.807) is 24.0 Å². The average molecular weight is 307 g/mol. The highest BCUT2D eigenvalue weighted by molar-refractivity contribution is 5.83. The summed E-state index contributed by atoms with van der Waals surface area (Å²) in [6.45, 7) is 2.43. The van der Waals surface area contributed by atoms with Crippen LogP contribution in [0.25, 0.3) is 0 Å². The number of hydrogen-bond acceptors (Lipinski definition) is 2. The number of rotatable bonds is 5. The van der Waals surface area contributed by atoms with Crippen LogP contribution in [0.15, 0.2) is 24.3 Å². The molecule has 1 N–H and O–H groups in total. The first-order valence-electron chi connectivity index (χ1n) is 7.76. The van der Waals surface area contributed by atoms with Gasteiger partial charge >= 0.3 is 5.97 Å². The number of likely N-dealkylation sites (tertiary alicyclic amines) is 1. The molecule has 1 heterocycles. The van der Waals surface area contributed by atoms with Crippen LogP contribution in [0.5, 0.6) is 0 Å². The molecule has 0 radical (unpaired) electrons. The quantitative estimate of drug-likeness (QED) is 0.909. The van der Waals surface area contributed by atoms with Gasteiger partial charge in [0.05, 0.1) is 5.92 Å². The molecule has 0 aromatic heterocycles. The van der Waals surface area contributed by atoms with Gasteiger partial charge < -0.3 is 10.0 Å². The topological polar surface area (TPSA) is 57.6 Å². The number of aliphatic carboxylic acids is 1. The Labute approximate surface area is 129 Å². The average Bonchev–Trinajstić information content (AvgIpc) is 2.51. The van der Waals surface area contributed by atoms with Crippen LogP contribution in [0.1, 0.15) is 50.5 Å². The summed E-state index contributed by atoms with van der Waals surface area (Å²) in [4.78, 5) is 25.3. The Hall–Kier alpha value is -1.91. The van der Waals surface area contributed by atoms with E-state index in [-0.39, 0.29) is 24.2 Å². The third kappa shape index (κ3) is 4.06. The van der Waals surface area contributed by atoms with Crippen molar-refractivity contribution in [2.24, 2.45) is 0 Å². The Bertz CT molecular complexity index is 546. The van der Waals surface area contributed by atoms with E-state index in [1.807, 2.05) is 0 Å². The number of hydrogen-bond donors (Lipinski definition) is 1. The van der Waals surface area contributed by atoms with Crippen molar-refractivity contribution in [2.75, 3.05) is 6.54 Å². The third-order valence-corrected chi connectivity index (χ3v) is 4.32. The number of piperidine rings is 1. The molecule has 2 rings (SSSR count). The SMILES string of the molecule is C[C@@H](C(=O)N1CCCC[C@H]1CCC(=O)O)c1cccc(F)c1. The summed E-state index contributed by atoms with van der Waals surface area (Å²) in [7, 11) is 0. The van der Waals surface area contributed by atoms with E-state index in [4.69, 9.17) is 5.11 Å². The molecular weight excluding hydrogens is 285 g/mol. The van der Waals surface area contributed by atoms with Gasteiger partial charge in [-0.15, -0.1) is 0 Å². The number of halogens is 1. The molecule has 5 heteroatoms. The molecule has 0 aliphatic carbocycles. The fourth-order valence-corrected chi connectivity index (χ4v) is 3.05.